The Morgan fingerprint density at radius 3 is 2.50 bits per heavy atom. The first kappa shape index (κ1) is 15.6. The van der Waals surface area contributed by atoms with Crippen LogP contribution in [0, 0.1) is 6.92 Å². The lowest BCUT2D eigenvalue weighted by molar-refractivity contribution is 0.104. The molecule has 0 aliphatic rings. The molecule has 0 saturated heterocycles. The van der Waals surface area contributed by atoms with Crippen LogP contribution in [0.3, 0.4) is 0 Å². The molecule has 0 saturated carbocycles. The van der Waals surface area contributed by atoms with Crippen LogP contribution in [0.15, 0.2) is 54.7 Å². The maximum Gasteiger partial charge on any atom is 0.187 e. The number of hydrogen-bond acceptors (Lipinski definition) is 4. The van der Waals surface area contributed by atoms with E-state index in [0.717, 1.165) is 11.3 Å². The smallest absolute Gasteiger partial charge is 0.187 e. The number of anilines is 1. The quantitative estimate of drug-likeness (QED) is 0.650. The first-order valence-electron chi connectivity index (χ1n) is 6.90. The average molecular weight is 297 g/mol. The van der Waals surface area contributed by atoms with Crippen molar-refractivity contribution in [1.29, 1.82) is 0 Å². The Balaban J connectivity index is 2.07. The van der Waals surface area contributed by atoms with Gasteiger partial charge >= 0.3 is 0 Å². The van der Waals surface area contributed by atoms with Gasteiger partial charge < -0.3 is 14.8 Å². The van der Waals surface area contributed by atoms with Crippen LogP contribution < -0.4 is 14.8 Å². The third-order valence-electron chi connectivity index (χ3n) is 3.17. The fourth-order valence-electron chi connectivity index (χ4n) is 2.03. The number of methoxy groups -OCH3 is 2. The molecular weight excluding hydrogens is 278 g/mol. The Labute approximate surface area is 130 Å². The number of carbonyl (C=O) groups is 1. The molecule has 0 unspecified atom stereocenters. The van der Waals surface area contributed by atoms with Crippen LogP contribution in [0.1, 0.15) is 15.9 Å². The summed E-state index contributed by atoms with van der Waals surface area (Å²) in [6, 6.07) is 13.0. The molecule has 0 spiro atoms. The first-order valence-corrected chi connectivity index (χ1v) is 6.90. The van der Waals surface area contributed by atoms with Crippen LogP contribution in [0.4, 0.5) is 5.69 Å². The zero-order valence-corrected chi connectivity index (χ0v) is 12.9. The Bertz CT molecular complexity index is 692. The maximum absolute atomic E-state index is 12.1. The SMILES string of the molecule is COc1ccc(C(=O)/C=C/Nc2cccc(C)c2)cc1OC. The van der Waals surface area contributed by atoms with Gasteiger partial charge in [-0.05, 0) is 42.8 Å². The van der Waals surface area contributed by atoms with Gasteiger partial charge in [0.25, 0.3) is 0 Å². The number of hydrogen-bond donors (Lipinski definition) is 1. The van der Waals surface area contributed by atoms with Gasteiger partial charge in [0.15, 0.2) is 17.3 Å². The lowest BCUT2D eigenvalue weighted by atomic mass is 10.1. The number of carbonyl (C=O) groups excluding carboxylic acids is 1. The van der Waals surface area contributed by atoms with E-state index in [9.17, 15) is 4.79 Å². The molecule has 0 aliphatic carbocycles. The number of ketones is 1. The van der Waals surface area contributed by atoms with E-state index in [1.807, 2.05) is 31.2 Å². The molecule has 2 aromatic rings. The summed E-state index contributed by atoms with van der Waals surface area (Å²) in [4.78, 5) is 12.1. The second-order valence-electron chi connectivity index (χ2n) is 4.78. The summed E-state index contributed by atoms with van der Waals surface area (Å²) < 4.78 is 10.4. The topological polar surface area (TPSA) is 47.6 Å². The van der Waals surface area contributed by atoms with Crippen LogP contribution >= 0.6 is 0 Å². The molecule has 0 aromatic heterocycles. The molecule has 0 atom stereocenters. The van der Waals surface area contributed by atoms with Crippen molar-refractivity contribution in [2.75, 3.05) is 19.5 Å². The number of benzene rings is 2. The van der Waals surface area contributed by atoms with Crippen LogP contribution in [0.5, 0.6) is 11.5 Å². The summed E-state index contributed by atoms with van der Waals surface area (Å²) in [7, 11) is 3.10. The van der Waals surface area contributed by atoms with Crippen LogP contribution in [-0.2, 0) is 0 Å². The minimum atomic E-state index is -0.110. The summed E-state index contributed by atoms with van der Waals surface area (Å²) in [5, 5.41) is 3.08. The molecule has 114 valence electrons. The van der Waals surface area contributed by atoms with Gasteiger partial charge in [0.1, 0.15) is 0 Å². The van der Waals surface area contributed by atoms with Crippen molar-refractivity contribution in [1.82, 2.24) is 0 Å². The van der Waals surface area contributed by atoms with Gasteiger partial charge in [0.2, 0.25) is 0 Å². The Kier molecular flexibility index (Phi) is 5.20. The molecule has 0 radical (unpaired) electrons. The van der Waals surface area contributed by atoms with Crippen molar-refractivity contribution >= 4 is 11.5 Å². The van der Waals surface area contributed by atoms with Crippen molar-refractivity contribution < 1.29 is 14.3 Å². The summed E-state index contributed by atoms with van der Waals surface area (Å²) in [6.07, 6.45) is 3.12. The highest BCUT2D eigenvalue weighted by Gasteiger charge is 2.08. The van der Waals surface area contributed by atoms with E-state index >= 15 is 0 Å². The zero-order chi connectivity index (χ0) is 15.9. The van der Waals surface area contributed by atoms with Crippen molar-refractivity contribution in [3.8, 4) is 11.5 Å². The van der Waals surface area contributed by atoms with E-state index < -0.39 is 0 Å². The van der Waals surface area contributed by atoms with Gasteiger partial charge in [0.05, 0.1) is 14.2 Å². The van der Waals surface area contributed by atoms with Gasteiger partial charge in [-0.15, -0.1) is 0 Å². The van der Waals surface area contributed by atoms with Gasteiger partial charge in [-0.3, -0.25) is 4.79 Å². The van der Waals surface area contributed by atoms with E-state index in [1.165, 1.54) is 6.08 Å². The Hall–Kier alpha value is -2.75. The van der Waals surface area contributed by atoms with E-state index in [1.54, 1.807) is 38.6 Å². The van der Waals surface area contributed by atoms with Gasteiger partial charge in [0, 0.05) is 23.5 Å². The molecule has 0 aliphatic heterocycles. The lowest BCUT2D eigenvalue weighted by Gasteiger charge is -2.08. The van der Waals surface area contributed by atoms with Gasteiger partial charge in [-0.1, -0.05) is 12.1 Å². The van der Waals surface area contributed by atoms with Gasteiger partial charge in [-0.2, -0.15) is 0 Å². The average Bonchev–Trinajstić information content (AvgIpc) is 2.54. The number of aryl methyl sites for hydroxylation is 1. The third kappa shape index (κ3) is 3.88. The summed E-state index contributed by atoms with van der Waals surface area (Å²) in [5.74, 6) is 1.02. The van der Waals surface area contributed by atoms with E-state index in [4.69, 9.17) is 9.47 Å². The van der Waals surface area contributed by atoms with Crippen LogP contribution in [0.2, 0.25) is 0 Å². The Morgan fingerprint density at radius 2 is 1.82 bits per heavy atom. The summed E-state index contributed by atoms with van der Waals surface area (Å²) in [6.45, 7) is 2.02. The molecule has 4 nitrogen and oxygen atoms in total. The fraction of sp³-hybridized carbons (Fsp3) is 0.167. The highest BCUT2D eigenvalue weighted by atomic mass is 16.5. The highest BCUT2D eigenvalue weighted by Crippen LogP contribution is 2.27. The van der Waals surface area contributed by atoms with Crippen molar-refractivity contribution in [2.24, 2.45) is 0 Å². The molecule has 2 rings (SSSR count). The molecule has 4 heteroatoms. The van der Waals surface area contributed by atoms with E-state index in [-0.39, 0.29) is 5.78 Å². The third-order valence-corrected chi connectivity index (χ3v) is 3.17. The molecule has 0 heterocycles. The number of ether oxygens (including phenoxy) is 2. The second-order valence-corrected chi connectivity index (χ2v) is 4.78. The molecule has 2 aromatic carbocycles. The molecule has 1 N–H and O–H groups in total. The van der Waals surface area contributed by atoms with Crippen LogP contribution in [-0.4, -0.2) is 20.0 Å². The minimum absolute atomic E-state index is 0.110. The molecular formula is C18H19NO3. The standard InChI is InChI=1S/C18H19NO3/c1-13-5-4-6-15(11-13)19-10-9-16(20)14-7-8-17(21-2)18(12-14)22-3/h4-12,19H,1-3H3/b10-9+. The Morgan fingerprint density at radius 1 is 1.05 bits per heavy atom. The second kappa shape index (κ2) is 7.31. The first-order chi connectivity index (χ1) is 10.6. The largest absolute Gasteiger partial charge is 0.493 e. The monoisotopic (exact) mass is 297 g/mol. The summed E-state index contributed by atoms with van der Waals surface area (Å²) >= 11 is 0. The predicted molar refractivity (Wildman–Crippen MR) is 87.8 cm³/mol. The minimum Gasteiger partial charge on any atom is -0.493 e. The molecule has 0 bridgehead atoms. The maximum atomic E-state index is 12.1. The molecule has 22 heavy (non-hydrogen) atoms. The zero-order valence-electron chi connectivity index (χ0n) is 12.9. The van der Waals surface area contributed by atoms with Crippen molar-refractivity contribution in [3.63, 3.8) is 0 Å². The van der Waals surface area contributed by atoms with E-state index in [0.29, 0.717) is 17.1 Å². The normalized spacial score (nSPS) is 10.5. The lowest BCUT2D eigenvalue weighted by Crippen LogP contribution is -1.98. The number of rotatable bonds is 6. The van der Waals surface area contributed by atoms with Crippen LogP contribution in [0.25, 0.3) is 0 Å². The van der Waals surface area contributed by atoms with Crippen molar-refractivity contribution in [2.45, 2.75) is 6.92 Å². The van der Waals surface area contributed by atoms with Crippen molar-refractivity contribution in [3.05, 3.63) is 65.9 Å². The summed E-state index contributed by atoms with van der Waals surface area (Å²) in [5.41, 5.74) is 2.64. The molecule has 0 amide bonds. The predicted octanol–water partition coefficient (Wildman–Crippen LogP) is 3.82. The number of allylic oxidation sites excluding steroid dienone is 1. The number of nitrogens with one attached hydrogen (secondary N) is 1. The molecule has 0 fully saturated rings. The van der Waals surface area contributed by atoms with E-state index in [2.05, 4.69) is 5.32 Å². The van der Waals surface area contributed by atoms with Gasteiger partial charge in [-0.25, -0.2) is 0 Å². The highest BCUT2D eigenvalue weighted by molar-refractivity contribution is 6.05. The fourth-order valence-corrected chi connectivity index (χ4v) is 2.03.